The molecule has 8 nitrogen and oxygen atoms in total. The molecule has 8 heteroatoms. The molecule has 2 rings (SSSR count). The average Bonchev–Trinajstić information content (AvgIpc) is 2.97. The van der Waals surface area contributed by atoms with Crippen molar-refractivity contribution in [2.45, 2.75) is 12.6 Å². The van der Waals surface area contributed by atoms with E-state index in [1.54, 1.807) is 12.4 Å². The van der Waals surface area contributed by atoms with Gasteiger partial charge in [-0.05, 0) is 0 Å². The van der Waals surface area contributed by atoms with E-state index in [1.807, 2.05) is 0 Å². The molecule has 84 valence electrons. The van der Waals surface area contributed by atoms with Crippen LogP contribution in [0.1, 0.15) is 6.04 Å². The largest absolute Gasteiger partial charge is 0.467 e. The van der Waals surface area contributed by atoms with Crippen LogP contribution in [0.4, 0.5) is 0 Å². The molecule has 0 aliphatic heterocycles. The first-order chi connectivity index (χ1) is 7.81. The van der Waals surface area contributed by atoms with Gasteiger partial charge in [0, 0.05) is 12.4 Å². The highest BCUT2D eigenvalue weighted by molar-refractivity contribution is 5.73. The van der Waals surface area contributed by atoms with Crippen molar-refractivity contribution < 1.29 is 9.53 Å². The Balaban J connectivity index is 2.19. The van der Waals surface area contributed by atoms with Crippen molar-refractivity contribution in [2.75, 3.05) is 7.11 Å². The Morgan fingerprint density at radius 1 is 1.31 bits per heavy atom. The molecular formula is C8H10N6O2. The zero-order valence-electron chi connectivity index (χ0n) is 8.59. The molecule has 0 radical (unpaired) electrons. The van der Waals surface area contributed by atoms with E-state index in [-0.39, 0.29) is 0 Å². The molecule has 0 saturated heterocycles. The number of carbonyl (C=O) groups is 1. The van der Waals surface area contributed by atoms with Crippen LogP contribution in [0.3, 0.4) is 0 Å². The summed E-state index contributed by atoms with van der Waals surface area (Å²) in [6.07, 6.45) is 6.29. The van der Waals surface area contributed by atoms with Crippen LogP contribution in [0.2, 0.25) is 0 Å². The Morgan fingerprint density at radius 3 is 2.62 bits per heavy atom. The van der Waals surface area contributed by atoms with E-state index < -0.39 is 12.0 Å². The molecule has 0 fully saturated rings. The van der Waals surface area contributed by atoms with Gasteiger partial charge in [0.05, 0.1) is 26.0 Å². The quantitative estimate of drug-likeness (QED) is 0.634. The number of hydrogen-bond donors (Lipinski definition) is 0. The van der Waals surface area contributed by atoms with Gasteiger partial charge in [-0.3, -0.25) is 0 Å². The molecule has 0 aliphatic rings. The maximum atomic E-state index is 11.6. The summed E-state index contributed by atoms with van der Waals surface area (Å²) < 4.78 is 7.65. The summed E-state index contributed by atoms with van der Waals surface area (Å²) in [6.45, 7) is 0.302. The van der Waals surface area contributed by atoms with E-state index in [1.165, 1.54) is 28.9 Å². The van der Waals surface area contributed by atoms with E-state index in [0.717, 1.165) is 0 Å². The van der Waals surface area contributed by atoms with Crippen molar-refractivity contribution in [3.8, 4) is 0 Å². The SMILES string of the molecule is COC(=O)C(Cn1ccnn1)n1ccnn1. The Kier molecular flexibility index (Phi) is 2.90. The number of esters is 1. The number of ether oxygens (including phenoxy) is 1. The second kappa shape index (κ2) is 4.51. The molecule has 16 heavy (non-hydrogen) atoms. The first-order valence-electron chi connectivity index (χ1n) is 4.59. The highest BCUT2D eigenvalue weighted by atomic mass is 16.5. The molecule has 0 spiro atoms. The predicted octanol–water partition coefficient (Wildman–Crippen LogP) is -0.716. The Morgan fingerprint density at radius 2 is 2.06 bits per heavy atom. The zero-order chi connectivity index (χ0) is 11.4. The van der Waals surface area contributed by atoms with Crippen LogP contribution in [0.15, 0.2) is 24.8 Å². The van der Waals surface area contributed by atoms with E-state index >= 15 is 0 Å². The fraction of sp³-hybridized carbons (Fsp3) is 0.375. The molecule has 1 atom stereocenters. The summed E-state index contributed by atoms with van der Waals surface area (Å²) in [5, 5.41) is 14.9. The van der Waals surface area contributed by atoms with Crippen LogP contribution in [0, 0.1) is 0 Å². The van der Waals surface area contributed by atoms with Crippen molar-refractivity contribution in [3.05, 3.63) is 24.8 Å². The molecule has 0 saturated carbocycles. The van der Waals surface area contributed by atoms with Crippen LogP contribution < -0.4 is 0 Å². The van der Waals surface area contributed by atoms with Gasteiger partial charge < -0.3 is 4.74 Å². The van der Waals surface area contributed by atoms with E-state index in [9.17, 15) is 4.79 Å². The molecule has 0 bridgehead atoms. The number of hydrogen-bond acceptors (Lipinski definition) is 6. The molecule has 2 aromatic rings. The fourth-order valence-electron chi connectivity index (χ4n) is 1.29. The standard InChI is InChI=1S/C8H10N6O2/c1-16-8(15)7(14-5-3-10-12-14)6-13-4-2-9-11-13/h2-5,7H,6H2,1H3. The first kappa shape index (κ1) is 10.3. The summed E-state index contributed by atoms with van der Waals surface area (Å²) in [6, 6.07) is -0.589. The van der Waals surface area contributed by atoms with Crippen molar-refractivity contribution in [2.24, 2.45) is 0 Å². The topological polar surface area (TPSA) is 87.7 Å². The summed E-state index contributed by atoms with van der Waals surface area (Å²) in [4.78, 5) is 11.6. The van der Waals surface area contributed by atoms with Gasteiger partial charge in [0.2, 0.25) is 0 Å². The third kappa shape index (κ3) is 2.05. The first-order valence-corrected chi connectivity index (χ1v) is 4.59. The van der Waals surface area contributed by atoms with Gasteiger partial charge >= 0.3 is 5.97 Å². The number of carbonyl (C=O) groups excluding carboxylic acids is 1. The fourth-order valence-corrected chi connectivity index (χ4v) is 1.29. The van der Waals surface area contributed by atoms with Crippen LogP contribution in [0.5, 0.6) is 0 Å². The third-order valence-electron chi connectivity index (χ3n) is 2.07. The molecule has 0 aromatic carbocycles. The van der Waals surface area contributed by atoms with Crippen molar-refractivity contribution in [3.63, 3.8) is 0 Å². The normalized spacial score (nSPS) is 12.3. The van der Waals surface area contributed by atoms with Gasteiger partial charge in [-0.15, -0.1) is 10.2 Å². The van der Waals surface area contributed by atoms with E-state index in [4.69, 9.17) is 4.74 Å². The Bertz CT molecular complexity index is 437. The number of nitrogens with zero attached hydrogens (tertiary/aromatic N) is 6. The lowest BCUT2D eigenvalue weighted by Gasteiger charge is -2.13. The highest BCUT2D eigenvalue weighted by Gasteiger charge is 2.22. The number of aromatic nitrogens is 6. The second-order valence-electron chi connectivity index (χ2n) is 3.05. The minimum absolute atomic E-state index is 0.302. The van der Waals surface area contributed by atoms with Gasteiger partial charge in [-0.25, -0.2) is 14.2 Å². The van der Waals surface area contributed by atoms with Crippen LogP contribution in [-0.2, 0) is 16.1 Å². The van der Waals surface area contributed by atoms with Gasteiger partial charge in [0.25, 0.3) is 0 Å². The third-order valence-corrected chi connectivity index (χ3v) is 2.07. The smallest absolute Gasteiger partial charge is 0.332 e. The monoisotopic (exact) mass is 222 g/mol. The average molecular weight is 222 g/mol. The molecule has 0 aliphatic carbocycles. The van der Waals surface area contributed by atoms with Gasteiger partial charge in [-0.2, -0.15) is 0 Å². The van der Waals surface area contributed by atoms with Gasteiger partial charge in [0.15, 0.2) is 6.04 Å². The summed E-state index contributed by atoms with van der Waals surface area (Å²) in [7, 11) is 1.33. The molecular weight excluding hydrogens is 212 g/mol. The predicted molar refractivity (Wildman–Crippen MR) is 51.1 cm³/mol. The number of rotatable bonds is 4. The van der Waals surface area contributed by atoms with E-state index in [0.29, 0.717) is 6.54 Å². The maximum Gasteiger partial charge on any atom is 0.332 e. The molecule has 0 N–H and O–H groups in total. The summed E-state index contributed by atoms with van der Waals surface area (Å²) in [5.74, 6) is -0.402. The number of methoxy groups -OCH3 is 1. The van der Waals surface area contributed by atoms with Crippen LogP contribution >= 0.6 is 0 Å². The Hall–Kier alpha value is -2.25. The van der Waals surface area contributed by atoms with Crippen LogP contribution in [0.25, 0.3) is 0 Å². The van der Waals surface area contributed by atoms with Gasteiger partial charge in [0.1, 0.15) is 0 Å². The highest BCUT2D eigenvalue weighted by Crippen LogP contribution is 2.08. The maximum absolute atomic E-state index is 11.6. The minimum Gasteiger partial charge on any atom is -0.467 e. The van der Waals surface area contributed by atoms with Crippen molar-refractivity contribution in [1.82, 2.24) is 30.0 Å². The van der Waals surface area contributed by atoms with Crippen molar-refractivity contribution in [1.29, 1.82) is 0 Å². The summed E-state index contributed by atoms with van der Waals surface area (Å²) in [5.41, 5.74) is 0. The van der Waals surface area contributed by atoms with Crippen LogP contribution in [-0.4, -0.2) is 43.1 Å². The lowest BCUT2D eigenvalue weighted by Crippen LogP contribution is -2.26. The molecule has 2 heterocycles. The molecule has 1 unspecified atom stereocenters. The second-order valence-corrected chi connectivity index (χ2v) is 3.05. The lowest BCUT2D eigenvalue weighted by atomic mass is 10.3. The van der Waals surface area contributed by atoms with E-state index in [2.05, 4.69) is 20.6 Å². The summed E-state index contributed by atoms with van der Waals surface area (Å²) >= 11 is 0. The minimum atomic E-state index is -0.589. The van der Waals surface area contributed by atoms with Gasteiger partial charge in [-0.1, -0.05) is 10.4 Å². The lowest BCUT2D eigenvalue weighted by molar-refractivity contribution is -0.145. The molecule has 2 aromatic heterocycles. The zero-order valence-corrected chi connectivity index (χ0v) is 8.59. The van der Waals surface area contributed by atoms with Crippen molar-refractivity contribution >= 4 is 5.97 Å². The molecule has 0 amide bonds. The Labute approximate surface area is 90.8 Å².